The number of carbonyl (C=O) groups is 3. The van der Waals surface area contributed by atoms with Gasteiger partial charge in [0.1, 0.15) is 5.54 Å². The van der Waals surface area contributed by atoms with E-state index < -0.39 is 23.4 Å². The van der Waals surface area contributed by atoms with Gasteiger partial charge in [0, 0.05) is 5.56 Å². The highest BCUT2D eigenvalue weighted by atomic mass is 16.2. The summed E-state index contributed by atoms with van der Waals surface area (Å²) < 4.78 is 0. The van der Waals surface area contributed by atoms with Crippen molar-refractivity contribution in [3.05, 3.63) is 35.9 Å². The van der Waals surface area contributed by atoms with E-state index in [0.29, 0.717) is 5.56 Å². The third-order valence-electron chi connectivity index (χ3n) is 2.76. The number of nitrogens with one attached hydrogen (secondary N) is 1. The van der Waals surface area contributed by atoms with Crippen molar-refractivity contribution < 1.29 is 14.4 Å². The molecule has 0 spiro atoms. The molecule has 1 aromatic carbocycles. The van der Waals surface area contributed by atoms with Crippen LogP contribution in [0, 0.1) is 0 Å². The summed E-state index contributed by atoms with van der Waals surface area (Å²) in [7, 11) is 0. The molecule has 4 amide bonds. The highest BCUT2D eigenvalue weighted by molar-refractivity contribution is 6.17. The van der Waals surface area contributed by atoms with Crippen LogP contribution in [0.2, 0.25) is 0 Å². The van der Waals surface area contributed by atoms with E-state index in [0.717, 1.165) is 4.90 Å². The third-order valence-corrected chi connectivity index (χ3v) is 2.76. The molecule has 88 valence electrons. The Morgan fingerprint density at radius 1 is 1.18 bits per heavy atom. The normalized spacial score (nSPS) is 18.1. The van der Waals surface area contributed by atoms with Crippen molar-refractivity contribution in [2.75, 3.05) is 0 Å². The number of rotatable bonds is 1. The summed E-state index contributed by atoms with van der Waals surface area (Å²) >= 11 is 0. The molecule has 1 aliphatic rings. The van der Waals surface area contributed by atoms with E-state index in [4.69, 9.17) is 0 Å². The average Bonchev–Trinajstić information content (AvgIpc) is 2.49. The molecule has 5 heteroatoms. The summed E-state index contributed by atoms with van der Waals surface area (Å²) in [5.74, 6) is -0.939. The molecule has 5 nitrogen and oxygen atoms in total. The number of benzene rings is 1. The van der Waals surface area contributed by atoms with E-state index >= 15 is 0 Å². The lowest BCUT2D eigenvalue weighted by atomic mass is 10.0. The van der Waals surface area contributed by atoms with Crippen LogP contribution < -0.4 is 5.32 Å². The van der Waals surface area contributed by atoms with Gasteiger partial charge in [-0.3, -0.25) is 14.9 Å². The lowest BCUT2D eigenvalue weighted by Crippen LogP contribution is -2.47. The summed E-state index contributed by atoms with van der Waals surface area (Å²) in [6.45, 7) is 3.07. The number of urea groups is 1. The van der Waals surface area contributed by atoms with Crippen LogP contribution in [-0.4, -0.2) is 28.3 Å². The smallest absolute Gasteiger partial charge is 0.275 e. The maximum absolute atomic E-state index is 12.1. The molecule has 2 rings (SSSR count). The first-order valence-electron chi connectivity index (χ1n) is 5.19. The van der Waals surface area contributed by atoms with Gasteiger partial charge in [0.15, 0.2) is 0 Å². The van der Waals surface area contributed by atoms with Gasteiger partial charge >= 0.3 is 6.03 Å². The zero-order valence-electron chi connectivity index (χ0n) is 9.56. The van der Waals surface area contributed by atoms with E-state index in [9.17, 15) is 14.4 Å². The van der Waals surface area contributed by atoms with Crippen molar-refractivity contribution in [3.63, 3.8) is 0 Å². The van der Waals surface area contributed by atoms with Gasteiger partial charge in [0.05, 0.1) is 0 Å². The topological polar surface area (TPSA) is 66.5 Å². The molecule has 17 heavy (non-hydrogen) atoms. The standard InChI is InChI=1S/C12H12N2O3/c1-12(2)10(16)13-11(17)14(12)9(15)8-6-4-3-5-7-8/h3-7H,1-2H3,(H,13,16,17). The zero-order chi connectivity index (χ0) is 12.6. The summed E-state index contributed by atoms with van der Waals surface area (Å²) in [5.41, 5.74) is -0.769. The summed E-state index contributed by atoms with van der Waals surface area (Å²) in [6, 6.07) is 7.72. The number of imide groups is 2. The molecule has 0 bridgehead atoms. The Balaban J connectivity index is 2.38. The Bertz CT molecular complexity index is 494. The van der Waals surface area contributed by atoms with Crippen molar-refractivity contribution in [2.24, 2.45) is 0 Å². The molecule has 1 saturated heterocycles. The van der Waals surface area contributed by atoms with Crippen LogP contribution in [0.3, 0.4) is 0 Å². The molecule has 0 aliphatic carbocycles. The van der Waals surface area contributed by atoms with Gasteiger partial charge in [0.25, 0.3) is 11.8 Å². The largest absolute Gasteiger partial charge is 0.332 e. The molecule has 1 N–H and O–H groups in total. The SMILES string of the molecule is CC1(C)C(=O)NC(=O)N1C(=O)c1ccccc1. The van der Waals surface area contributed by atoms with Gasteiger partial charge in [-0.15, -0.1) is 0 Å². The maximum atomic E-state index is 12.1. The average molecular weight is 232 g/mol. The summed E-state index contributed by atoms with van der Waals surface area (Å²) in [4.78, 5) is 36.2. The van der Waals surface area contributed by atoms with Gasteiger partial charge in [-0.25, -0.2) is 9.69 Å². The van der Waals surface area contributed by atoms with Crippen LogP contribution in [0.1, 0.15) is 24.2 Å². The quantitative estimate of drug-likeness (QED) is 0.739. The Morgan fingerprint density at radius 2 is 1.76 bits per heavy atom. The first kappa shape index (κ1) is 11.3. The Hall–Kier alpha value is -2.17. The first-order valence-corrected chi connectivity index (χ1v) is 5.19. The van der Waals surface area contributed by atoms with Crippen LogP contribution >= 0.6 is 0 Å². The molecule has 0 saturated carbocycles. The van der Waals surface area contributed by atoms with Crippen molar-refractivity contribution in [1.29, 1.82) is 0 Å². The Morgan fingerprint density at radius 3 is 2.24 bits per heavy atom. The third kappa shape index (κ3) is 1.69. The van der Waals surface area contributed by atoms with Crippen LogP contribution in [0.4, 0.5) is 4.79 Å². The van der Waals surface area contributed by atoms with E-state index in [1.165, 1.54) is 13.8 Å². The fourth-order valence-corrected chi connectivity index (χ4v) is 1.72. The molecule has 1 aliphatic heterocycles. The Kier molecular flexibility index (Phi) is 2.46. The highest BCUT2D eigenvalue weighted by Gasteiger charge is 2.49. The zero-order valence-corrected chi connectivity index (χ0v) is 9.56. The molecule has 0 aromatic heterocycles. The molecule has 0 atom stereocenters. The minimum absolute atomic E-state index is 0.380. The van der Waals surface area contributed by atoms with Gasteiger partial charge in [-0.2, -0.15) is 0 Å². The molecule has 1 fully saturated rings. The molecular weight excluding hydrogens is 220 g/mol. The second-order valence-electron chi connectivity index (χ2n) is 4.32. The van der Waals surface area contributed by atoms with Crippen LogP contribution in [0.15, 0.2) is 30.3 Å². The second-order valence-corrected chi connectivity index (χ2v) is 4.32. The van der Waals surface area contributed by atoms with Crippen LogP contribution in [0.5, 0.6) is 0 Å². The van der Waals surface area contributed by atoms with Crippen molar-refractivity contribution in [3.8, 4) is 0 Å². The fraction of sp³-hybridized carbons (Fsp3) is 0.250. The molecule has 1 heterocycles. The lowest BCUT2D eigenvalue weighted by molar-refractivity contribution is -0.124. The first-order chi connectivity index (χ1) is 7.94. The Labute approximate surface area is 98.4 Å². The molecule has 1 aromatic rings. The second kappa shape index (κ2) is 3.69. The number of hydrogen-bond acceptors (Lipinski definition) is 3. The predicted molar refractivity (Wildman–Crippen MR) is 60.2 cm³/mol. The van der Waals surface area contributed by atoms with Crippen LogP contribution in [-0.2, 0) is 4.79 Å². The minimum atomic E-state index is -1.15. The van der Waals surface area contributed by atoms with E-state index in [1.807, 2.05) is 0 Å². The van der Waals surface area contributed by atoms with E-state index in [1.54, 1.807) is 30.3 Å². The van der Waals surface area contributed by atoms with Gasteiger partial charge in [0.2, 0.25) is 0 Å². The van der Waals surface area contributed by atoms with Crippen molar-refractivity contribution in [1.82, 2.24) is 10.2 Å². The van der Waals surface area contributed by atoms with Gasteiger partial charge < -0.3 is 0 Å². The summed E-state index contributed by atoms with van der Waals surface area (Å²) in [6.07, 6.45) is 0. The number of nitrogens with zero attached hydrogens (tertiary/aromatic N) is 1. The highest BCUT2D eigenvalue weighted by Crippen LogP contribution is 2.23. The maximum Gasteiger partial charge on any atom is 0.332 e. The van der Waals surface area contributed by atoms with Gasteiger partial charge in [-0.05, 0) is 26.0 Å². The fourth-order valence-electron chi connectivity index (χ4n) is 1.72. The lowest BCUT2D eigenvalue weighted by Gasteiger charge is -2.25. The number of carbonyl (C=O) groups excluding carboxylic acids is 3. The van der Waals surface area contributed by atoms with E-state index in [-0.39, 0.29) is 0 Å². The predicted octanol–water partition coefficient (Wildman–Crippen LogP) is 1.16. The monoisotopic (exact) mass is 232 g/mol. The number of hydrogen-bond donors (Lipinski definition) is 1. The minimum Gasteiger partial charge on any atom is -0.275 e. The van der Waals surface area contributed by atoms with Crippen molar-refractivity contribution in [2.45, 2.75) is 19.4 Å². The van der Waals surface area contributed by atoms with Crippen molar-refractivity contribution >= 4 is 17.8 Å². The molecule has 0 unspecified atom stereocenters. The van der Waals surface area contributed by atoms with Crippen LogP contribution in [0.25, 0.3) is 0 Å². The molecule has 0 radical (unpaired) electrons. The van der Waals surface area contributed by atoms with E-state index in [2.05, 4.69) is 5.32 Å². The summed E-state index contributed by atoms with van der Waals surface area (Å²) in [5, 5.41) is 2.14. The van der Waals surface area contributed by atoms with Gasteiger partial charge in [-0.1, -0.05) is 18.2 Å². The number of amides is 4. The molecular formula is C12H12N2O3.